The molecule has 18 heavy (non-hydrogen) atoms. The summed E-state index contributed by atoms with van der Waals surface area (Å²) in [6.07, 6.45) is 0. The first-order chi connectivity index (χ1) is 8.35. The zero-order valence-electron chi connectivity index (χ0n) is 11.1. The Morgan fingerprint density at radius 1 is 1.39 bits per heavy atom. The monoisotopic (exact) mass is 264 g/mol. The number of hydrogen-bond donors (Lipinski definition) is 2. The molecule has 98 valence electrons. The minimum Gasteiger partial charge on any atom is -0.393 e. The van der Waals surface area contributed by atoms with E-state index in [9.17, 15) is 4.79 Å². The number of thiocarbonyl (C=S) groups is 1. The maximum Gasteiger partial charge on any atom is 0.230 e. The predicted octanol–water partition coefficient (Wildman–Crippen LogP) is 2.00. The number of amides is 1. The van der Waals surface area contributed by atoms with Crippen molar-refractivity contribution in [1.82, 2.24) is 5.32 Å². The van der Waals surface area contributed by atoms with Crippen molar-refractivity contribution in [2.24, 2.45) is 11.7 Å². The van der Waals surface area contributed by atoms with Crippen LogP contribution in [-0.4, -0.2) is 17.4 Å². The molecule has 1 amide bonds. The number of nitrogens with two attached hydrogens (primary N) is 1. The second kappa shape index (κ2) is 5.96. The van der Waals surface area contributed by atoms with E-state index in [0.29, 0.717) is 11.5 Å². The predicted molar refractivity (Wildman–Crippen MR) is 78.4 cm³/mol. The minimum atomic E-state index is -0.558. The molecule has 0 radical (unpaired) electrons. The lowest BCUT2D eigenvalue weighted by atomic mass is 9.83. The van der Waals surface area contributed by atoms with E-state index >= 15 is 0 Å². The lowest BCUT2D eigenvalue weighted by molar-refractivity contribution is -0.125. The SMILES string of the molecule is CC(CNC(=O)C(C)(C)c1ccccc1)C(N)=S. The maximum atomic E-state index is 12.2. The van der Waals surface area contributed by atoms with Crippen molar-refractivity contribution >= 4 is 23.1 Å². The number of benzene rings is 1. The van der Waals surface area contributed by atoms with Gasteiger partial charge in [0.25, 0.3) is 0 Å². The average Bonchev–Trinajstić information content (AvgIpc) is 2.36. The van der Waals surface area contributed by atoms with E-state index in [1.165, 1.54) is 0 Å². The average molecular weight is 264 g/mol. The third kappa shape index (κ3) is 3.53. The smallest absolute Gasteiger partial charge is 0.230 e. The largest absolute Gasteiger partial charge is 0.393 e. The molecule has 1 atom stereocenters. The normalized spacial score (nSPS) is 12.8. The van der Waals surface area contributed by atoms with Gasteiger partial charge in [0, 0.05) is 12.5 Å². The molecule has 1 aromatic rings. The van der Waals surface area contributed by atoms with Gasteiger partial charge < -0.3 is 11.1 Å². The minimum absolute atomic E-state index is 0.00974. The highest BCUT2D eigenvalue weighted by molar-refractivity contribution is 7.80. The van der Waals surface area contributed by atoms with Crippen molar-refractivity contribution in [2.45, 2.75) is 26.2 Å². The molecule has 0 aliphatic heterocycles. The summed E-state index contributed by atoms with van der Waals surface area (Å²) >= 11 is 4.88. The molecule has 1 rings (SSSR count). The van der Waals surface area contributed by atoms with Gasteiger partial charge in [0.05, 0.1) is 10.4 Å². The van der Waals surface area contributed by atoms with Crippen molar-refractivity contribution < 1.29 is 4.79 Å². The van der Waals surface area contributed by atoms with Gasteiger partial charge in [-0.2, -0.15) is 0 Å². The molecule has 4 heteroatoms. The molecule has 0 saturated heterocycles. The van der Waals surface area contributed by atoms with Crippen molar-refractivity contribution in [3.05, 3.63) is 35.9 Å². The third-order valence-corrected chi connectivity index (χ3v) is 3.52. The zero-order valence-corrected chi connectivity index (χ0v) is 11.9. The van der Waals surface area contributed by atoms with Gasteiger partial charge in [-0.25, -0.2) is 0 Å². The van der Waals surface area contributed by atoms with Crippen LogP contribution in [0.5, 0.6) is 0 Å². The number of carbonyl (C=O) groups is 1. The summed E-state index contributed by atoms with van der Waals surface area (Å²) in [7, 11) is 0. The van der Waals surface area contributed by atoms with Crippen LogP contribution in [0.1, 0.15) is 26.3 Å². The summed E-state index contributed by atoms with van der Waals surface area (Å²) in [4.78, 5) is 12.6. The van der Waals surface area contributed by atoms with Crippen LogP contribution in [0.15, 0.2) is 30.3 Å². The highest BCUT2D eigenvalue weighted by atomic mass is 32.1. The van der Waals surface area contributed by atoms with E-state index in [-0.39, 0.29) is 11.8 Å². The van der Waals surface area contributed by atoms with E-state index in [1.807, 2.05) is 51.1 Å². The van der Waals surface area contributed by atoms with Gasteiger partial charge in [0.1, 0.15) is 0 Å². The molecule has 0 heterocycles. The Morgan fingerprint density at radius 2 is 1.94 bits per heavy atom. The van der Waals surface area contributed by atoms with Gasteiger partial charge in [0.2, 0.25) is 5.91 Å². The third-order valence-electron chi connectivity index (χ3n) is 3.12. The maximum absolute atomic E-state index is 12.2. The first-order valence-corrected chi connectivity index (χ1v) is 6.39. The molecule has 0 spiro atoms. The summed E-state index contributed by atoms with van der Waals surface area (Å²) in [6, 6.07) is 9.71. The number of carbonyl (C=O) groups excluding carboxylic acids is 1. The summed E-state index contributed by atoms with van der Waals surface area (Å²) in [5.41, 5.74) is 5.96. The first kappa shape index (κ1) is 14.6. The molecule has 3 nitrogen and oxygen atoms in total. The molecule has 0 aliphatic rings. The fourth-order valence-corrected chi connectivity index (χ4v) is 1.64. The molecular weight excluding hydrogens is 244 g/mol. The first-order valence-electron chi connectivity index (χ1n) is 5.99. The summed E-state index contributed by atoms with van der Waals surface area (Å²) in [6.45, 7) is 6.19. The Hall–Kier alpha value is -1.42. The number of rotatable bonds is 5. The molecule has 0 aromatic heterocycles. The highest BCUT2D eigenvalue weighted by Crippen LogP contribution is 2.22. The van der Waals surface area contributed by atoms with Gasteiger partial charge in [-0.1, -0.05) is 49.5 Å². The van der Waals surface area contributed by atoms with Crippen LogP contribution in [0.4, 0.5) is 0 Å². The molecule has 3 N–H and O–H groups in total. The lowest BCUT2D eigenvalue weighted by Gasteiger charge is -2.25. The van der Waals surface area contributed by atoms with Crippen molar-refractivity contribution in [2.75, 3.05) is 6.54 Å². The quantitative estimate of drug-likeness (QED) is 0.800. The van der Waals surface area contributed by atoms with Gasteiger partial charge in [-0.05, 0) is 19.4 Å². The Balaban J connectivity index is 2.69. The molecule has 0 fully saturated rings. The Morgan fingerprint density at radius 3 is 2.44 bits per heavy atom. The fraction of sp³-hybridized carbons (Fsp3) is 0.429. The van der Waals surface area contributed by atoms with Crippen LogP contribution in [0.25, 0.3) is 0 Å². The van der Waals surface area contributed by atoms with Crippen molar-refractivity contribution in [3.63, 3.8) is 0 Å². The zero-order chi connectivity index (χ0) is 13.8. The molecule has 0 bridgehead atoms. The molecule has 0 saturated carbocycles. The Kier molecular flexibility index (Phi) is 4.84. The van der Waals surface area contributed by atoms with Crippen LogP contribution < -0.4 is 11.1 Å². The second-order valence-electron chi connectivity index (χ2n) is 5.00. The molecule has 1 unspecified atom stereocenters. The fourth-order valence-electron chi connectivity index (χ4n) is 1.55. The Labute approximate surface area is 114 Å². The van der Waals surface area contributed by atoms with E-state index in [4.69, 9.17) is 18.0 Å². The lowest BCUT2D eigenvalue weighted by Crippen LogP contribution is -2.43. The van der Waals surface area contributed by atoms with Crippen LogP contribution in [0.3, 0.4) is 0 Å². The van der Waals surface area contributed by atoms with E-state index in [2.05, 4.69) is 5.32 Å². The summed E-state index contributed by atoms with van der Waals surface area (Å²) < 4.78 is 0. The standard InChI is InChI=1S/C14H20N2OS/c1-10(12(15)18)9-16-13(17)14(2,3)11-7-5-4-6-8-11/h4-8,10H,9H2,1-3H3,(H2,15,18)(H,16,17). The van der Waals surface area contributed by atoms with E-state index in [1.54, 1.807) is 0 Å². The van der Waals surface area contributed by atoms with E-state index in [0.717, 1.165) is 5.56 Å². The molecular formula is C14H20N2OS. The summed E-state index contributed by atoms with van der Waals surface area (Å²) in [5.74, 6) is -0.00711. The van der Waals surface area contributed by atoms with Crippen LogP contribution >= 0.6 is 12.2 Å². The molecule has 0 aliphatic carbocycles. The van der Waals surface area contributed by atoms with Gasteiger partial charge in [-0.3, -0.25) is 4.79 Å². The van der Waals surface area contributed by atoms with Gasteiger partial charge in [0.15, 0.2) is 0 Å². The van der Waals surface area contributed by atoms with Crippen LogP contribution in [0, 0.1) is 5.92 Å². The van der Waals surface area contributed by atoms with Crippen molar-refractivity contribution in [1.29, 1.82) is 0 Å². The highest BCUT2D eigenvalue weighted by Gasteiger charge is 2.29. The van der Waals surface area contributed by atoms with Crippen LogP contribution in [-0.2, 0) is 10.2 Å². The van der Waals surface area contributed by atoms with E-state index < -0.39 is 5.41 Å². The second-order valence-corrected chi connectivity index (χ2v) is 5.48. The van der Waals surface area contributed by atoms with Crippen molar-refractivity contribution in [3.8, 4) is 0 Å². The topological polar surface area (TPSA) is 55.1 Å². The summed E-state index contributed by atoms with van der Waals surface area (Å²) in [5, 5.41) is 2.90. The van der Waals surface area contributed by atoms with Gasteiger partial charge >= 0.3 is 0 Å². The van der Waals surface area contributed by atoms with Crippen LogP contribution in [0.2, 0.25) is 0 Å². The molecule has 1 aromatic carbocycles. The Bertz CT molecular complexity index is 429. The number of nitrogens with one attached hydrogen (secondary N) is 1. The van der Waals surface area contributed by atoms with Gasteiger partial charge in [-0.15, -0.1) is 0 Å². The number of hydrogen-bond acceptors (Lipinski definition) is 2.